The molecule has 2 aromatic carbocycles. The molecule has 2 N–H and O–H groups in total. The summed E-state index contributed by atoms with van der Waals surface area (Å²) in [6.07, 6.45) is 1.52. The van der Waals surface area contributed by atoms with Gasteiger partial charge in [0.15, 0.2) is 0 Å². The van der Waals surface area contributed by atoms with Crippen LogP contribution in [0.4, 0.5) is 11.4 Å². The van der Waals surface area contributed by atoms with Crippen LogP contribution in [0.3, 0.4) is 0 Å². The quantitative estimate of drug-likeness (QED) is 0.575. The van der Waals surface area contributed by atoms with Gasteiger partial charge in [-0.3, -0.25) is 4.79 Å². The molecular formula is C20H25N3O5S. The number of methoxy groups -OCH3 is 2. The summed E-state index contributed by atoms with van der Waals surface area (Å²) in [5, 5.41) is 5.71. The molecule has 0 aliphatic heterocycles. The number of amides is 1. The molecular weight excluding hydrogens is 394 g/mol. The molecule has 0 atom stereocenters. The highest BCUT2D eigenvalue weighted by atomic mass is 32.2. The van der Waals surface area contributed by atoms with Gasteiger partial charge in [0.25, 0.3) is 0 Å². The van der Waals surface area contributed by atoms with E-state index in [1.807, 2.05) is 0 Å². The number of benzene rings is 2. The predicted octanol–water partition coefficient (Wildman–Crippen LogP) is 2.56. The number of nitrogens with zero attached hydrogens (tertiary/aromatic N) is 1. The molecule has 0 fully saturated rings. The normalized spacial score (nSPS) is 11.0. The SMILES string of the molecule is C=CCN(C)S(=O)(=O)c1ccc(NCC(=O)Nc2ccc(OC)cc2OC)cc1. The molecule has 0 heterocycles. The minimum absolute atomic E-state index is 0.00233. The maximum absolute atomic E-state index is 12.4. The highest BCUT2D eigenvalue weighted by Crippen LogP contribution is 2.29. The molecule has 156 valence electrons. The maximum Gasteiger partial charge on any atom is 0.243 e. The predicted molar refractivity (Wildman–Crippen MR) is 113 cm³/mol. The van der Waals surface area contributed by atoms with E-state index in [9.17, 15) is 13.2 Å². The van der Waals surface area contributed by atoms with Gasteiger partial charge in [0.2, 0.25) is 15.9 Å². The van der Waals surface area contributed by atoms with Gasteiger partial charge in [-0.25, -0.2) is 8.42 Å². The first-order valence-corrected chi connectivity index (χ1v) is 10.2. The summed E-state index contributed by atoms with van der Waals surface area (Å²) in [6.45, 7) is 3.76. The Hall–Kier alpha value is -3.04. The molecule has 8 nitrogen and oxygen atoms in total. The summed E-state index contributed by atoms with van der Waals surface area (Å²) in [6, 6.07) is 11.3. The van der Waals surface area contributed by atoms with Crippen LogP contribution in [0.15, 0.2) is 60.0 Å². The van der Waals surface area contributed by atoms with Crippen molar-refractivity contribution in [2.45, 2.75) is 4.90 Å². The average molecular weight is 420 g/mol. The highest BCUT2D eigenvalue weighted by molar-refractivity contribution is 7.89. The van der Waals surface area contributed by atoms with Crippen LogP contribution >= 0.6 is 0 Å². The molecule has 0 saturated heterocycles. The molecule has 0 radical (unpaired) electrons. The third-order valence-electron chi connectivity index (χ3n) is 4.08. The van der Waals surface area contributed by atoms with Crippen LogP contribution in [0, 0.1) is 0 Å². The van der Waals surface area contributed by atoms with Crippen molar-refractivity contribution < 1.29 is 22.7 Å². The van der Waals surface area contributed by atoms with Gasteiger partial charge in [-0.2, -0.15) is 4.31 Å². The number of rotatable bonds is 10. The van der Waals surface area contributed by atoms with Crippen LogP contribution in [-0.4, -0.2) is 53.0 Å². The summed E-state index contributed by atoms with van der Waals surface area (Å²) < 4.78 is 36.3. The van der Waals surface area contributed by atoms with E-state index < -0.39 is 10.0 Å². The van der Waals surface area contributed by atoms with Crippen molar-refractivity contribution in [3.8, 4) is 11.5 Å². The van der Waals surface area contributed by atoms with Crippen LogP contribution in [0.2, 0.25) is 0 Å². The monoisotopic (exact) mass is 419 g/mol. The summed E-state index contributed by atoms with van der Waals surface area (Å²) >= 11 is 0. The highest BCUT2D eigenvalue weighted by Gasteiger charge is 2.19. The smallest absolute Gasteiger partial charge is 0.243 e. The minimum Gasteiger partial charge on any atom is -0.497 e. The van der Waals surface area contributed by atoms with Crippen LogP contribution < -0.4 is 20.1 Å². The number of hydrogen-bond donors (Lipinski definition) is 2. The van der Waals surface area contributed by atoms with E-state index in [-0.39, 0.29) is 23.9 Å². The van der Waals surface area contributed by atoms with Gasteiger partial charge in [-0.05, 0) is 36.4 Å². The molecule has 2 aromatic rings. The molecule has 0 unspecified atom stereocenters. The van der Waals surface area contributed by atoms with Crippen molar-refractivity contribution in [2.75, 3.05) is 45.0 Å². The van der Waals surface area contributed by atoms with E-state index in [0.29, 0.717) is 22.9 Å². The van der Waals surface area contributed by atoms with Gasteiger partial charge in [0.05, 0.1) is 31.3 Å². The molecule has 0 saturated carbocycles. The number of anilines is 2. The Morgan fingerprint density at radius 1 is 1.14 bits per heavy atom. The van der Waals surface area contributed by atoms with Gasteiger partial charge in [0, 0.05) is 25.3 Å². The summed E-state index contributed by atoms with van der Waals surface area (Å²) in [5.41, 5.74) is 1.14. The van der Waals surface area contributed by atoms with Gasteiger partial charge >= 0.3 is 0 Å². The Morgan fingerprint density at radius 3 is 2.41 bits per heavy atom. The lowest BCUT2D eigenvalue weighted by atomic mass is 10.2. The van der Waals surface area contributed by atoms with E-state index in [0.717, 1.165) is 0 Å². The van der Waals surface area contributed by atoms with E-state index in [1.165, 1.54) is 36.7 Å². The number of carbonyl (C=O) groups excluding carboxylic acids is 1. The molecule has 0 aromatic heterocycles. The maximum atomic E-state index is 12.4. The number of ether oxygens (including phenoxy) is 2. The fourth-order valence-electron chi connectivity index (χ4n) is 2.48. The zero-order valence-electron chi connectivity index (χ0n) is 16.6. The van der Waals surface area contributed by atoms with Crippen molar-refractivity contribution >= 4 is 27.3 Å². The lowest BCUT2D eigenvalue weighted by molar-refractivity contribution is -0.114. The Morgan fingerprint density at radius 2 is 1.83 bits per heavy atom. The Kier molecular flexibility index (Phi) is 7.63. The van der Waals surface area contributed by atoms with Gasteiger partial charge in [0.1, 0.15) is 11.5 Å². The number of hydrogen-bond acceptors (Lipinski definition) is 6. The fourth-order valence-corrected chi connectivity index (χ4v) is 3.62. The Balaban J connectivity index is 1.98. The van der Waals surface area contributed by atoms with Crippen molar-refractivity contribution in [1.82, 2.24) is 4.31 Å². The molecule has 9 heteroatoms. The lowest BCUT2D eigenvalue weighted by Crippen LogP contribution is -2.27. The second-order valence-electron chi connectivity index (χ2n) is 6.07. The zero-order chi connectivity index (χ0) is 21.4. The zero-order valence-corrected chi connectivity index (χ0v) is 17.5. The van der Waals surface area contributed by atoms with Crippen molar-refractivity contribution in [3.05, 3.63) is 55.1 Å². The van der Waals surface area contributed by atoms with Crippen molar-refractivity contribution in [1.29, 1.82) is 0 Å². The van der Waals surface area contributed by atoms with Gasteiger partial charge < -0.3 is 20.1 Å². The second kappa shape index (κ2) is 9.94. The van der Waals surface area contributed by atoms with E-state index >= 15 is 0 Å². The number of sulfonamides is 1. The number of carbonyl (C=O) groups is 1. The fraction of sp³-hybridized carbons (Fsp3) is 0.250. The van der Waals surface area contributed by atoms with Crippen LogP contribution in [-0.2, 0) is 14.8 Å². The topological polar surface area (TPSA) is 97.0 Å². The Bertz CT molecular complexity index is 959. The molecule has 0 aliphatic rings. The molecule has 0 bridgehead atoms. The molecule has 29 heavy (non-hydrogen) atoms. The third-order valence-corrected chi connectivity index (χ3v) is 5.92. The largest absolute Gasteiger partial charge is 0.497 e. The first-order chi connectivity index (χ1) is 13.8. The molecule has 0 aliphatic carbocycles. The lowest BCUT2D eigenvalue weighted by Gasteiger charge is -2.15. The van der Waals surface area contributed by atoms with E-state index in [4.69, 9.17) is 9.47 Å². The molecule has 0 spiro atoms. The number of nitrogens with one attached hydrogen (secondary N) is 2. The van der Waals surface area contributed by atoms with Crippen molar-refractivity contribution in [3.63, 3.8) is 0 Å². The third kappa shape index (κ3) is 5.72. The second-order valence-corrected chi connectivity index (χ2v) is 8.11. The minimum atomic E-state index is -3.57. The molecule has 2 rings (SSSR count). The van der Waals surface area contributed by atoms with Crippen LogP contribution in [0.25, 0.3) is 0 Å². The first kappa shape index (κ1) is 22.3. The standard InChI is InChI=1S/C20H25N3O5S/c1-5-12-23(2)29(25,26)17-9-6-15(7-10-17)21-14-20(24)22-18-11-8-16(27-3)13-19(18)28-4/h5-11,13,21H,1,12,14H2,2-4H3,(H,22,24). The summed E-state index contributed by atoms with van der Waals surface area (Å²) in [4.78, 5) is 12.4. The molecule has 1 amide bonds. The van der Waals surface area contributed by atoms with Gasteiger partial charge in [-0.15, -0.1) is 6.58 Å². The number of likely N-dealkylation sites (N-methyl/N-ethyl adjacent to an activating group) is 1. The van der Waals surface area contributed by atoms with Gasteiger partial charge in [-0.1, -0.05) is 6.08 Å². The van der Waals surface area contributed by atoms with Crippen molar-refractivity contribution in [2.24, 2.45) is 0 Å². The average Bonchev–Trinajstić information content (AvgIpc) is 2.73. The summed E-state index contributed by atoms with van der Waals surface area (Å²) in [7, 11) is 0.966. The summed E-state index contributed by atoms with van der Waals surface area (Å²) in [5.74, 6) is 0.818. The first-order valence-electron chi connectivity index (χ1n) is 8.75. The van der Waals surface area contributed by atoms with Crippen LogP contribution in [0.1, 0.15) is 0 Å². The van der Waals surface area contributed by atoms with E-state index in [1.54, 1.807) is 37.4 Å². The van der Waals surface area contributed by atoms with E-state index in [2.05, 4.69) is 17.2 Å². The van der Waals surface area contributed by atoms with Crippen LogP contribution in [0.5, 0.6) is 11.5 Å². The Labute approximate surface area is 171 Å².